The van der Waals surface area contributed by atoms with Gasteiger partial charge in [-0.25, -0.2) is 0 Å². The fraction of sp³-hybridized carbons (Fsp3) is 0.222. The van der Waals surface area contributed by atoms with Gasteiger partial charge in [0.25, 0.3) is 0 Å². The smallest absolute Gasteiger partial charge is 0.0511 e. The normalized spacial score (nSPS) is 13.0. The average molecular weight is 251 g/mol. The van der Waals surface area contributed by atoms with Crippen LogP contribution in [0, 0.1) is 0 Å². The summed E-state index contributed by atoms with van der Waals surface area (Å²) in [6, 6.07) is 21.6. The molecule has 0 aliphatic carbocycles. The molecule has 0 saturated heterocycles. The number of nitrogens with one attached hydrogen (secondary N) is 1. The van der Waals surface area contributed by atoms with Gasteiger partial charge in [0.15, 0.2) is 0 Å². The Morgan fingerprint density at radius 3 is 2.00 bits per heavy atom. The second-order valence-electron chi connectivity index (χ2n) is 4.98. The fourth-order valence-electron chi connectivity index (χ4n) is 2.05. The van der Waals surface area contributed by atoms with Gasteiger partial charge in [0.05, 0.1) is 6.04 Å². The van der Waals surface area contributed by atoms with Crippen LogP contribution in [0.1, 0.15) is 31.0 Å². The minimum absolute atomic E-state index is 0.251. The lowest BCUT2D eigenvalue weighted by molar-refractivity contribution is 0.540. The Hall–Kier alpha value is -1.86. The summed E-state index contributed by atoms with van der Waals surface area (Å²) in [5.41, 5.74) is 2.53. The molecular formula is C18H21N. The standard InChI is InChI=1S/C18H21N/c1-15(2)19-18(17-11-7-4-8-12-17)14-13-16-9-5-3-6-10-16/h3-15,18-19H,1-2H3/b14-13+/t18-/m0/s1. The Labute approximate surface area is 116 Å². The van der Waals surface area contributed by atoms with Crippen LogP contribution in [0.4, 0.5) is 0 Å². The zero-order valence-electron chi connectivity index (χ0n) is 11.6. The Morgan fingerprint density at radius 2 is 1.42 bits per heavy atom. The van der Waals surface area contributed by atoms with Crippen LogP contribution in [0.15, 0.2) is 66.7 Å². The van der Waals surface area contributed by atoms with E-state index in [1.54, 1.807) is 0 Å². The van der Waals surface area contributed by atoms with Crippen molar-refractivity contribution in [3.05, 3.63) is 77.9 Å². The summed E-state index contributed by atoms with van der Waals surface area (Å²) in [5.74, 6) is 0. The molecule has 1 N–H and O–H groups in total. The molecule has 0 fully saturated rings. The third kappa shape index (κ3) is 4.38. The van der Waals surface area contributed by atoms with E-state index in [0.29, 0.717) is 6.04 Å². The van der Waals surface area contributed by atoms with Gasteiger partial charge in [0, 0.05) is 6.04 Å². The van der Waals surface area contributed by atoms with Crippen molar-refractivity contribution in [2.24, 2.45) is 0 Å². The van der Waals surface area contributed by atoms with E-state index in [-0.39, 0.29) is 6.04 Å². The van der Waals surface area contributed by atoms with Crippen molar-refractivity contribution in [1.29, 1.82) is 0 Å². The highest BCUT2D eigenvalue weighted by molar-refractivity contribution is 5.50. The summed E-state index contributed by atoms with van der Waals surface area (Å²) in [4.78, 5) is 0. The van der Waals surface area contributed by atoms with Crippen molar-refractivity contribution < 1.29 is 0 Å². The highest BCUT2D eigenvalue weighted by Gasteiger charge is 2.08. The molecular weight excluding hydrogens is 230 g/mol. The first-order valence-corrected chi connectivity index (χ1v) is 6.80. The number of hydrogen-bond donors (Lipinski definition) is 1. The van der Waals surface area contributed by atoms with Gasteiger partial charge in [0.1, 0.15) is 0 Å². The zero-order chi connectivity index (χ0) is 13.5. The van der Waals surface area contributed by atoms with E-state index >= 15 is 0 Å². The average Bonchev–Trinajstić information content (AvgIpc) is 2.45. The minimum atomic E-state index is 0.251. The molecule has 0 aliphatic heterocycles. The first kappa shape index (κ1) is 13.6. The highest BCUT2D eigenvalue weighted by Crippen LogP contribution is 2.16. The fourth-order valence-corrected chi connectivity index (χ4v) is 2.05. The largest absolute Gasteiger partial charge is 0.304 e. The SMILES string of the molecule is CC(C)N[C@@H](/C=C/c1ccccc1)c1ccccc1. The monoisotopic (exact) mass is 251 g/mol. The maximum Gasteiger partial charge on any atom is 0.0511 e. The van der Waals surface area contributed by atoms with Crippen molar-refractivity contribution in [3.8, 4) is 0 Å². The third-order valence-corrected chi connectivity index (χ3v) is 2.95. The van der Waals surface area contributed by atoms with Crippen molar-refractivity contribution in [2.75, 3.05) is 0 Å². The molecule has 0 spiro atoms. The molecule has 19 heavy (non-hydrogen) atoms. The summed E-state index contributed by atoms with van der Waals surface area (Å²) in [6.07, 6.45) is 4.40. The lowest BCUT2D eigenvalue weighted by Gasteiger charge is -2.18. The van der Waals surface area contributed by atoms with Gasteiger partial charge < -0.3 is 5.32 Å². The highest BCUT2D eigenvalue weighted by atomic mass is 14.9. The molecule has 0 aromatic heterocycles. The predicted octanol–water partition coefficient (Wildman–Crippen LogP) is 4.44. The van der Waals surface area contributed by atoms with Crippen molar-refractivity contribution in [2.45, 2.75) is 25.9 Å². The summed E-state index contributed by atoms with van der Waals surface area (Å²) in [6.45, 7) is 4.35. The first-order valence-electron chi connectivity index (χ1n) is 6.80. The molecule has 2 aromatic rings. The quantitative estimate of drug-likeness (QED) is 0.828. The Kier molecular flexibility index (Phi) is 4.93. The number of hydrogen-bond acceptors (Lipinski definition) is 1. The molecule has 1 atom stereocenters. The van der Waals surface area contributed by atoms with E-state index in [0.717, 1.165) is 0 Å². The summed E-state index contributed by atoms with van der Waals surface area (Å²) in [7, 11) is 0. The van der Waals surface area contributed by atoms with Crippen LogP contribution in [0.25, 0.3) is 6.08 Å². The Morgan fingerprint density at radius 1 is 0.842 bits per heavy atom. The molecule has 2 aromatic carbocycles. The summed E-state index contributed by atoms with van der Waals surface area (Å²) < 4.78 is 0. The topological polar surface area (TPSA) is 12.0 Å². The molecule has 1 nitrogen and oxygen atoms in total. The lowest BCUT2D eigenvalue weighted by Crippen LogP contribution is -2.26. The first-order chi connectivity index (χ1) is 9.25. The van der Waals surface area contributed by atoms with Crippen LogP contribution in [0.3, 0.4) is 0 Å². The van der Waals surface area contributed by atoms with Gasteiger partial charge in [-0.1, -0.05) is 72.8 Å². The van der Waals surface area contributed by atoms with Crippen molar-refractivity contribution in [1.82, 2.24) is 5.32 Å². The molecule has 0 bridgehead atoms. The van der Waals surface area contributed by atoms with Crippen molar-refractivity contribution >= 4 is 6.08 Å². The lowest BCUT2D eigenvalue weighted by atomic mass is 10.0. The van der Waals surface area contributed by atoms with E-state index in [1.807, 2.05) is 6.07 Å². The second kappa shape index (κ2) is 6.91. The van der Waals surface area contributed by atoms with Crippen LogP contribution in [-0.4, -0.2) is 6.04 Å². The Balaban J connectivity index is 2.17. The van der Waals surface area contributed by atoms with E-state index in [9.17, 15) is 0 Å². The molecule has 98 valence electrons. The maximum atomic E-state index is 3.58. The van der Waals surface area contributed by atoms with E-state index in [2.05, 4.69) is 85.9 Å². The van der Waals surface area contributed by atoms with Gasteiger partial charge in [-0.2, -0.15) is 0 Å². The van der Waals surface area contributed by atoms with Gasteiger partial charge >= 0.3 is 0 Å². The molecule has 0 radical (unpaired) electrons. The number of benzene rings is 2. The van der Waals surface area contributed by atoms with Gasteiger partial charge in [-0.3, -0.25) is 0 Å². The zero-order valence-corrected chi connectivity index (χ0v) is 11.6. The Bertz CT molecular complexity index is 500. The van der Waals surface area contributed by atoms with E-state index in [1.165, 1.54) is 11.1 Å². The van der Waals surface area contributed by atoms with Gasteiger partial charge in [-0.05, 0) is 25.0 Å². The van der Waals surface area contributed by atoms with Crippen LogP contribution in [0.2, 0.25) is 0 Å². The molecule has 2 rings (SSSR count). The number of rotatable bonds is 5. The minimum Gasteiger partial charge on any atom is -0.304 e. The van der Waals surface area contributed by atoms with Crippen LogP contribution in [-0.2, 0) is 0 Å². The van der Waals surface area contributed by atoms with Crippen LogP contribution >= 0.6 is 0 Å². The molecule has 0 amide bonds. The molecule has 0 heterocycles. The maximum absolute atomic E-state index is 3.58. The van der Waals surface area contributed by atoms with Crippen LogP contribution < -0.4 is 5.32 Å². The second-order valence-corrected chi connectivity index (χ2v) is 4.98. The van der Waals surface area contributed by atoms with E-state index < -0.39 is 0 Å². The molecule has 0 aliphatic rings. The molecule has 0 saturated carbocycles. The summed E-state index contributed by atoms with van der Waals surface area (Å²) >= 11 is 0. The predicted molar refractivity (Wildman–Crippen MR) is 82.9 cm³/mol. The summed E-state index contributed by atoms with van der Waals surface area (Å²) in [5, 5.41) is 3.58. The van der Waals surface area contributed by atoms with E-state index in [4.69, 9.17) is 0 Å². The third-order valence-electron chi connectivity index (χ3n) is 2.95. The van der Waals surface area contributed by atoms with Crippen molar-refractivity contribution in [3.63, 3.8) is 0 Å². The molecule has 0 unspecified atom stereocenters. The van der Waals surface area contributed by atoms with Gasteiger partial charge in [0.2, 0.25) is 0 Å². The molecule has 1 heteroatoms. The van der Waals surface area contributed by atoms with Crippen LogP contribution in [0.5, 0.6) is 0 Å². The van der Waals surface area contributed by atoms with Gasteiger partial charge in [-0.15, -0.1) is 0 Å².